The molecule has 0 aliphatic heterocycles. The fourth-order valence-electron chi connectivity index (χ4n) is 2.01. The van der Waals surface area contributed by atoms with Crippen LogP contribution in [0.25, 0.3) is 0 Å². The van der Waals surface area contributed by atoms with Gasteiger partial charge in [-0.2, -0.15) is 0 Å². The maximum Gasteiger partial charge on any atom is 0.262 e. The highest BCUT2D eigenvalue weighted by atomic mass is 35.5. The number of carbonyl (C=O) groups is 1. The molecule has 0 aliphatic rings. The number of nitrogens with one attached hydrogen (secondary N) is 1. The third-order valence-corrected chi connectivity index (χ3v) is 3.19. The third kappa shape index (κ3) is 7.63. The maximum atomic E-state index is 11.9. The summed E-state index contributed by atoms with van der Waals surface area (Å²) in [5, 5.41) is 2.77. The Morgan fingerprint density at radius 1 is 0.885 bits per heavy atom. The Balaban J connectivity index is 0.00000338. The highest BCUT2D eigenvalue weighted by Crippen LogP contribution is 2.18. The van der Waals surface area contributed by atoms with Gasteiger partial charge in [0.25, 0.3) is 5.91 Å². The Morgan fingerprint density at radius 2 is 1.38 bits per heavy atom. The van der Waals surface area contributed by atoms with Crippen LogP contribution < -0.4 is 25.3 Å². The summed E-state index contributed by atoms with van der Waals surface area (Å²) in [5.41, 5.74) is 6.06. The van der Waals surface area contributed by atoms with E-state index < -0.39 is 0 Å². The molecule has 2 aromatic carbocycles. The van der Waals surface area contributed by atoms with Gasteiger partial charge in [-0.15, -0.1) is 12.4 Å². The van der Waals surface area contributed by atoms with Crippen molar-refractivity contribution in [2.45, 2.75) is 13.3 Å². The van der Waals surface area contributed by atoms with E-state index in [9.17, 15) is 4.79 Å². The molecule has 0 atom stereocenters. The van der Waals surface area contributed by atoms with E-state index in [0.29, 0.717) is 36.9 Å². The van der Waals surface area contributed by atoms with Crippen molar-refractivity contribution in [3.63, 3.8) is 0 Å². The first-order valence-electron chi connectivity index (χ1n) is 8.29. The van der Waals surface area contributed by atoms with Gasteiger partial charge in [0.2, 0.25) is 0 Å². The summed E-state index contributed by atoms with van der Waals surface area (Å²) in [6.07, 6.45) is 0.957. The lowest BCUT2D eigenvalue weighted by molar-refractivity contribution is -0.118. The second kappa shape index (κ2) is 12.0. The van der Waals surface area contributed by atoms with Crippen molar-refractivity contribution in [2.24, 2.45) is 5.73 Å². The lowest BCUT2D eigenvalue weighted by atomic mass is 10.3. The van der Waals surface area contributed by atoms with Crippen LogP contribution in [0.5, 0.6) is 17.2 Å². The van der Waals surface area contributed by atoms with Gasteiger partial charge in [0, 0.05) is 12.2 Å². The Morgan fingerprint density at radius 3 is 1.92 bits per heavy atom. The minimum atomic E-state index is -0.234. The number of halogens is 1. The van der Waals surface area contributed by atoms with Gasteiger partial charge >= 0.3 is 0 Å². The molecule has 2 rings (SSSR count). The molecule has 0 heterocycles. The van der Waals surface area contributed by atoms with Crippen molar-refractivity contribution in [2.75, 3.05) is 31.7 Å². The average molecular weight is 381 g/mol. The topological polar surface area (TPSA) is 82.8 Å². The van der Waals surface area contributed by atoms with Gasteiger partial charge in [0.05, 0.1) is 6.61 Å². The zero-order valence-electron chi connectivity index (χ0n) is 14.8. The normalized spacial score (nSPS) is 9.77. The van der Waals surface area contributed by atoms with E-state index in [-0.39, 0.29) is 24.9 Å². The van der Waals surface area contributed by atoms with E-state index in [4.69, 9.17) is 19.9 Å². The van der Waals surface area contributed by atoms with Crippen molar-refractivity contribution in [3.05, 3.63) is 48.5 Å². The molecular weight excluding hydrogens is 356 g/mol. The molecule has 3 N–H and O–H groups in total. The second-order valence-electron chi connectivity index (χ2n) is 5.32. The van der Waals surface area contributed by atoms with Crippen LogP contribution in [0.3, 0.4) is 0 Å². The summed E-state index contributed by atoms with van der Waals surface area (Å²) in [5.74, 6) is 1.88. The highest BCUT2D eigenvalue weighted by molar-refractivity contribution is 5.91. The Bertz CT molecular complexity index is 648. The molecule has 0 radical (unpaired) electrons. The number of hydrogen-bond acceptors (Lipinski definition) is 5. The molecule has 0 bridgehead atoms. The van der Waals surface area contributed by atoms with E-state index >= 15 is 0 Å². The lowest BCUT2D eigenvalue weighted by Gasteiger charge is -2.09. The molecule has 0 saturated carbocycles. The Labute approximate surface area is 160 Å². The fourth-order valence-corrected chi connectivity index (χ4v) is 2.01. The first-order chi connectivity index (χ1) is 12.2. The molecule has 0 aliphatic carbocycles. The quantitative estimate of drug-likeness (QED) is 0.661. The minimum absolute atomic E-state index is 0. The molecule has 26 heavy (non-hydrogen) atoms. The van der Waals surface area contributed by atoms with Gasteiger partial charge in [-0.05, 0) is 55.0 Å². The van der Waals surface area contributed by atoms with Crippen LogP contribution >= 0.6 is 12.4 Å². The van der Waals surface area contributed by atoms with Crippen molar-refractivity contribution < 1.29 is 19.0 Å². The van der Waals surface area contributed by atoms with E-state index in [0.717, 1.165) is 12.2 Å². The van der Waals surface area contributed by atoms with Gasteiger partial charge in [0.15, 0.2) is 6.61 Å². The number of benzene rings is 2. The van der Waals surface area contributed by atoms with Crippen LogP contribution in [0, 0.1) is 0 Å². The van der Waals surface area contributed by atoms with Crippen LogP contribution in [0.2, 0.25) is 0 Å². The molecule has 0 aromatic heterocycles. The molecule has 0 spiro atoms. The molecule has 0 unspecified atom stereocenters. The maximum absolute atomic E-state index is 11.9. The lowest BCUT2D eigenvalue weighted by Crippen LogP contribution is -2.20. The van der Waals surface area contributed by atoms with Crippen LogP contribution in [-0.2, 0) is 4.79 Å². The van der Waals surface area contributed by atoms with Crippen molar-refractivity contribution in [1.29, 1.82) is 0 Å². The summed E-state index contributed by atoms with van der Waals surface area (Å²) in [4.78, 5) is 11.9. The largest absolute Gasteiger partial charge is 0.494 e. The predicted molar refractivity (Wildman–Crippen MR) is 105 cm³/mol. The summed E-state index contributed by atoms with van der Waals surface area (Å²) in [6.45, 7) is 3.58. The summed E-state index contributed by atoms with van der Waals surface area (Å²) < 4.78 is 16.3. The first-order valence-corrected chi connectivity index (χ1v) is 8.29. The number of ether oxygens (including phenoxy) is 3. The van der Waals surface area contributed by atoms with Gasteiger partial charge in [0.1, 0.15) is 23.9 Å². The van der Waals surface area contributed by atoms with E-state index in [1.54, 1.807) is 36.4 Å². The van der Waals surface area contributed by atoms with Crippen molar-refractivity contribution in [3.8, 4) is 17.2 Å². The standard InChI is InChI=1S/C19H24N2O4.ClH/c1-2-12-23-17-7-9-18(10-8-17)25-14-19(22)21-15-3-5-16(6-4-15)24-13-11-20;/h3-10H,2,11-14,20H2,1H3,(H,21,22);1H. The first kappa shape index (κ1) is 21.6. The van der Waals surface area contributed by atoms with Gasteiger partial charge < -0.3 is 25.3 Å². The Kier molecular flexibility index (Phi) is 9.97. The van der Waals surface area contributed by atoms with Gasteiger partial charge in [-0.1, -0.05) is 6.92 Å². The summed E-state index contributed by atoms with van der Waals surface area (Å²) >= 11 is 0. The third-order valence-electron chi connectivity index (χ3n) is 3.19. The van der Waals surface area contributed by atoms with Crippen LogP contribution in [0.15, 0.2) is 48.5 Å². The smallest absolute Gasteiger partial charge is 0.262 e. The highest BCUT2D eigenvalue weighted by Gasteiger charge is 2.04. The molecule has 0 saturated heterocycles. The summed E-state index contributed by atoms with van der Waals surface area (Å²) in [6, 6.07) is 14.3. The number of nitrogens with two attached hydrogens (primary N) is 1. The van der Waals surface area contributed by atoms with Gasteiger partial charge in [-0.25, -0.2) is 0 Å². The molecule has 7 heteroatoms. The van der Waals surface area contributed by atoms with E-state index in [2.05, 4.69) is 12.2 Å². The molecule has 2 aromatic rings. The van der Waals surface area contributed by atoms with E-state index in [1.165, 1.54) is 0 Å². The fraction of sp³-hybridized carbons (Fsp3) is 0.316. The SMILES string of the molecule is CCCOc1ccc(OCC(=O)Nc2ccc(OCCN)cc2)cc1.Cl. The molecule has 0 fully saturated rings. The molecule has 1 amide bonds. The van der Waals surface area contributed by atoms with Gasteiger partial charge in [-0.3, -0.25) is 4.79 Å². The number of rotatable bonds is 10. The average Bonchev–Trinajstić information content (AvgIpc) is 2.65. The van der Waals surface area contributed by atoms with E-state index in [1.807, 2.05) is 12.1 Å². The van der Waals surface area contributed by atoms with Crippen LogP contribution in [0.1, 0.15) is 13.3 Å². The zero-order chi connectivity index (χ0) is 17.9. The van der Waals surface area contributed by atoms with Crippen molar-refractivity contribution >= 4 is 24.0 Å². The zero-order valence-corrected chi connectivity index (χ0v) is 15.6. The molecular formula is C19H25ClN2O4. The number of anilines is 1. The molecule has 142 valence electrons. The minimum Gasteiger partial charge on any atom is -0.494 e. The predicted octanol–water partition coefficient (Wildman–Crippen LogP) is 3.25. The van der Waals surface area contributed by atoms with Crippen LogP contribution in [0.4, 0.5) is 5.69 Å². The van der Waals surface area contributed by atoms with Crippen molar-refractivity contribution in [1.82, 2.24) is 0 Å². The van der Waals surface area contributed by atoms with Crippen LogP contribution in [-0.4, -0.2) is 32.3 Å². The number of amides is 1. The Hall–Kier alpha value is -2.44. The second-order valence-corrected chi connectivity index (χ2v) is 5.32. The molecule has 6 nitrogen and oxygen atoms in total. The number of carbonyl (C=O) groups excluding carboxylic acids is 1. The monoisotopic (exact) mass is 380 g/mol. The number of hydrogen-bond donors (Lipinski definition) is 2. The summed E-state index contributed by atoms with van der Waals surface area (Å²) in [7, 11) is 0.